The number of benzene rings is 1. The summed E-state index contributed by atoms with van der Waals surface area (Å²) in [6.45, 7) is 3.37. The third-order valence-electron chi connectivity index (χ3n) is 3.55. The molecule has 1 aromatic rings. The van der Waals surface area contributed by atoms with Gasteiger partial charge in [-0.25, -0.2) is 0 Å². The van der Waals surface area contributed by atoms with Crippen LogP contribution in [0.2, 0.25) is 0 Å². The van der Waals surface area contributed by atoms with E-state index in [2.05, 4.69) is 4.90 Å². The van der Waals surface area contributed by atoms with E-state index < -0.39 is 6.10 Å². The molecule has 1 saturated heterocycles. The van der Waals surface area contributed by atoms with Crippen LogP contribution in [-0.4, -0.2) is 44.6 Å². The number of anilines is 1. The zero-order valence-electron chi connectivity index (χ0n) is 11.2. The summed E-state index contributed by atoms with van der Waals surface area (Å²) in [4.78, 5) is 2.21. The summed E-state index contributed by atoms with van der Waals surface area (Å²) < 4.78 is 10.9. The van der Waals surface area contributed by atoms with Gasteiger partial charge in [0, 0.05) is 38.6 Å². The van der Waals surface area contributed by atoms with Crippen molar-refractivity contribution in [1.29, 1.82) is 0 Å². The first-order valence-corrected chi connectivity index (χ1v) is 6.25. The van der Waals surface area contributed by atoms with Gasteiger partial charge in [0.15, 0.2) is 0 Å². The van der Waals surface area contributed by atoms with Crippen molar-refractivity contribution in [2.75, 3.05) is 32.2 Å². The third-order valence-corrected chi connectivity index (χ3v) is 3.55. The van der Waals surface area contributed by atoms with E-state index in [1.54, 1.807) is 21.1 Å². The molecule has 0 aliphatic carbocycles. The zero-order valence-corrected chi connectivity index (χ0v) is 11.2. The van der Waals surface area contributed by atoms with Crippen LogP contribution in [0.15, 0.2) is 24.3 Å². The molecule has 0 bridgehead atoms. The van der Waals surface area contributed by atoms with Crippen molar-refractivity contribution in [2.24, 2.45) is 0 Å². The van der Waals surface area contributed by atoms with Crippen molar-refractivity contribution >= 4 is 5.69 Å². The van der Waals surface area contributed by atoms with Gasteiger partial charge in [-0.05, 0) is 13.0 Å². The highest BCUT2D eigenvalue weighted by Crippen LogP contribution is 2.30. The summed E-state index contributed by atoms with van der Waals surface area (Å²) in [5.74, 6) is 0. The molecule has 0 saturated carbocycles. The lowest BCUT2D eigenvalue weighted by molar-refractivity contribution is -0.00461. The predicted octanol–water partition coefficient (Wildman–Crippen LogP) is 1.59. The fraction of sp³-hybridized carbons (Fsp3) is 0.571. The maximum Gasteiger partial charge on any atom is 0.102 e. The van der Waals surface area contributed by atoms with Gasteiger partial charge in [-0.3, -0.25) is 0 Å². The number of rotatable bonds is 4. The average Bonchev–Trinajstić information content (AvgIpc) is 2.81. The van der Waals surface area contributed by atoms with Crippen molar-refractivity contribution in [3.8, 4) is 0 Å². The highest BCUT2D eigenvalue weighted by atomic mass is 16.5. The predicted molar refractivity (Wildman–Crippen MR) is 70.9 cm³/mol. The molecule has 1 N–H and O–H groups in total. The Morgan fingerprint density at radius 2 is 1.72 bits per heavy atom. The molecule has 2 rings (SSSR count). The molecular weight excluding hydrogens is 230 g/mol. The van der Waals surface area contributed by atoms with Crippen LogP contribution < -0.4 is 4.90 Å². The van der Waals surface area contributed by atoms with Crippen molar-refractivity contribution < 1.29 is 14.6 Å². The first-order chi connectivity index (χ1) is 8.67. The average molecular weight is 251 g/mol. The number of hydrogen-bond donors (Lipinski definition) is 1. The van der Waals surface area contributed by atoms with Crippen molar-refractivity contribution in [1.82, 2.24) is 0 Å². The number of nitrogens with zero attached hydrogens (tertiary/aromatic N) is 1. The normalized spacial score (nSPS) is 25.4. The molecule has 0 radical (unpaired) electrons. The van der Waals surface area contributed by atoms with Gasteiger partial charge in [0.2, 0.25) is 0 Å². The van der Waals surface area contributed by atoms with Crippen molar-refractivity contribution in [3.63, 3.8) is 0 Å². The highest BCUT2D eigenvalue weighted by molar-refractivity contribution is 5.55. The number of ether oxygens (including phenoxy) is 2. The quantitative estimate of drug-likeness (QED) is 0.882. The maximum absolute atomic E-state index is 9.82. The van der Waals surface area contributed by atoms with Gasteiger partial charge >= 0.3 is 0 Å². The number of aliphatic hydroxyl groups excluding tert-OH is 1. The van der Waals surface area contributed by atoms with E-state index in [4.69, 9.17) is 9.47 Å². The van der Waals surface area contributed by atoms with Crippen molar-refractivity contribution in [2.45, 2.75) is 25.2 Å². The third kappa shape index (κ3) is 2.51. The first kappa shape index (κ1) is 13.3. The number of para-hydroxylation sites is 1. The van der Waals surface area contributed by atoms with Crippen LogP contribution in [0.1, 0.15) is 18.6 Å². The molecule has 0 aromatic heterocycles. The molecular formula is C14H21NO3. The molecule has 1 aliphatic rings. The standard InChI is InChI=1S/C14H21NO3/c1-10(16)11-6-4-5-7-12(11)15-8-13(17-2)14(9-15)18-3/h4-7,10,13-14,16H,8-9H2,1-3H3/t10-,13?,14?/m1/s1. The Hall–Kier alpha value is -1.10. The lowest BCUT2D eigenvalue weighted by atomic mass is 10.1. The summed E-state index contributed by atoms with van der Waals surface area (Å²) in [6.07, 6.45) is -0.308. The maximum atomic E-state index is 9.82. The van der Waals surface area contributed by atoms with E-state index in [9.17, 15) is 5.11 Å². The van der Waals surface area contributed by atoms with Crippen LogP contribution in [0.25, 0.3) is 0 Å². The van der Waals surface area contributed by atoms with Gasteiger partial charge in [0.1, 0.15) is 12.2 Å². The highest BCUT2D eigenvalue weighted by Gasteiger charge is 2.34. The molecule has 4 nitrogen and oxygen atoms in total. The van der Waals surface area contributed by atoms with E-state index >= 15 is 0 Å². The van der Waals surface area contributed by atoms with Gasteiger partial charge in [-0.1, -0.05) is 18.2 Å². The molecule has 100 valence electrons. The van der Waals surface area contributed by atoms with E-state index in [0.717, 1.165) is 24.3 Å². The van der Waals surface area contributed by atoms with Crippen LogP contribution in [0.5, 0.6) is 0 Å². The Labute approximate surface area is 108 Å². The summed E-state index contributed by atoms with van der Waals surface area (Å²) >= 11 is 0. The lowest BCUT2D eigenvalue weighted by Crippen LogP contribution is -2.27. The molecule has 1 heterocycles. The van der Waals surface area contributed by atoms with E-state index in [1.165, 1.54) is 0 Å². The molecule has 18 heavy (non-hydrogen) atoms. The summed E-state index contributed by atoms with van der Waals surface area (Å²) in [7, 11) is 3.42. The second-order valence-corrected chi connectivity index (χ2v) is 4.69. The van der Waals surface area contributed by atoms with Crippen LogP contribution in [0.3, 0.4) is 0 Å². The van der Waals surface area contributed by atoms with Crippen molar-refractivity contribution in [3.05, 3.63) is 29.8 Å². The van der Waals surface area contributed by atoms with E-state index in [0.29, 0.717) is 0 Å². The Morgan fingerprint density at radius 3 is 2.22 bits per heavy atom. The van der Waals surface area contributed by atoms with Crippen LogP contribution in [-0.2, 0) is 9.47 Å². The van der Waals surface area contributed by atoms with E-state index in [1.807, 2.05) is 24.3 Å². The number of aliphatic hydroxyl groups is 1. The zero-order chi connectivity index (χ0) is 13.1. The molecule has 4 heteroatoms. The van der Waals surface area contributed by atoms with Crippen LogP contribution in [0, 0.1) is 0 Å². The first-order valence-electron chi connectivity index (χ1n) is 6.25. The summed E-state index contributed by atoms with van der Waals surface area (Å²) in [5, 5.41) is 9.82. The molecule has 3 atom stereocenters. The van der Waals surface area contributed by atoms with Crippen LogP contribution >= 0.6 is 0 Å². The smallest absolute Gasteiger partial charge is 0.102 e. The van der Waals surface area contributed by atoms with Crippen LogP contribution in [0.4, 0.5) is 5.69 Å². The fourth-order valence-corrected chi connectivity index (χ4v) is 2.52. The minimum atomic E-state index is -0.469. The fourth-order valence-electron chi connectivity index (χ4n) is 2.52. The molecule has 0 amide bonds. The SMILES string of the molecule is COC1CN(c2ccccc2[C@@H](C)O)CC1OC. The number of methoxy groups -OCH3 is 2. The van der Waals surface area contributed by atoms with E-state index in [-0.39, 0.29) is 12.2 Å². The lowest BCUT2D eigenvalue weighted by Gasteiger charge is -2.22. The van der Waals surface area contributed by atoms with Gasteiger partial charge < -0.3 is 19.5 Å². The Kier molecular flexibility index (Phi) is 4.22. The topological polar surface area (TPSA) is 41.9 Å². The Bertz CT molecular complexity index is 382. The molecule has 0 spiro atoms. The monoisotopic (exact) mass is 251 g/mol. The molecule has 2 unspecified atom stereocenters. The van der Waals surface area contributed by atoms with Gasteiger partial charge in [-0.2, -0.15) is 0 Å². The minimum Gasteiger partial charge on any atom is -0.389 e. The molecule has 1 aliphatic heterocycles. The van der Waals surface area contributed by atoms with Gasteiger partial charge in [0.05, 0.1) is 6.10 Å². The Morgan fingerprint density at radius 1 is 1.17 bits per heavy atom. The molecule has 1 aromatic carbocycles. The summed E-state index contributed by atoms with van der Waals surface area (Å²) in [5.41, 5.74) is 2.01. The second-order valence-electron chi connectivity index (χ2n) is 4.69. The Balaban J connectivity index is 2.23. The minimum absolute atomic E-state index is 0.0806. The second kappa shape index (κ2) is 5.69. The number of hydrogen-bond acceptors (Lipinski definition) is 4. The van der Waals surface area contributed by atoms with Gasteiger partial charge in [-0.15, -0.1) is 0 Å². The van der Waals surface area contributed by atoms with Gasteiger partial charge in [0.25, 0.3) is 0 Å². The summed E-state index contributed by atoms with van der Waals surface area (Å²) in [6, 6.07) is 7.93. The largest absolute Gasteiger partial charge is 0.389 e. The molecule has 1 fully saturated rings.